The van der Waals surface area contributed by atoms with Gasteiger partial charge in [0.05, 0.1) is 28.2 Å². The summed E-state index contributed by atoms with van der Waals surface area (Å²) in [5.74, 6) is -0.784. The van der Waals surface area contributed by atoms with Gasteiger partial charge >= 0.3 is 0 Å². The quantitative estimate of drug-likeness (QED) is 0.0995. The molecular weight excluding hydrogens is 426 g/mol. The van der Waals surface area contributed by atoms with Crippen molar-refractivity contribution in [3.05, 3.63) is 0 Å². The number of rotatable bonds is 17. The standard InChI is InChI=1S/C28H63N3O3/c1-15-16-17-18-19-20-22-25(28(32-12,33-13)34-14)23-21-24-29(30(8,9)26(2,3)4)31(10,11)27(5,6)7/h25H,15-24H2,1-14H3/q+2. The first kappa shape index (κ1) is 33.8. The topological polar surface area (TPSA) is 30.9 Å². The molecule has 0 spiro atoms. The van der Waals surface area contributed by atoms with Gasteiger partial charge in [-0.3, -0.25) is 0 Å². The first-order valence-corrected chi connectivity index (χ1v) is 13.6. The molecule has 0 N–H and O–H groups in total. The molecule has 0 fully saturated rings. The molecule has 6 nitrogen and oxygen atoms in total. The molecule has 0 rings (SSSR count). The molecule has 0 radical (unpaired) electrons. The monoisotopic (exact) mass is 489 g/mol. The van der Waals surface area contributed by atoms with Crippen molar-refractivity contribution in [2.45, 2.75) is 123 Å². The van der Waals surface area contributed by atoms with Crippen LogP contribution in [0.1, 0.15) is 106 Å². The summed E-state index contributed by atoms with van der Waals surface area (Å²) in [6, 6.07) is 0. The van der Waals surface area contributed by atoms with Crippen LogP contribution in [-0.2, 0) is 14.2 Å². The molecule has 0 aromatic heterocycles. The molecule has 0 amide bonds. The van der Waals surface area contributed by atoms with Gasteiger partial charge in [-0.15, -0.1) is 0 Å². The Bertz CT molecular complexity index is 512. The van der Waals surface area contributed by atoms with Crippen molar-refractivity contribution < 1.29 is 23.4 Å². The van der Waals surface area contributed by atoms with Crippen LogP contribution in [0.5, 0.6) is 0 Å². The predicted molar refractivity (Wildman–Crippen MR) is 145 cm³/mol. The Morgan fingerprint density at radius 1 is 0.618 bits per heavy atom. The predicted octanol–water partition coefficient (Wildman–Crippen LogP) is 6.61. The number of unbranched alkanes of at least 4 members (excludes halogenated alkanes) is 5. The van der Waals surface area contributed by atoms with Crippen LogP contribution in [0.3, 0.4) is 0 Å². The molecule has 0 saturated carbocycles. The van der Waals surface area contributed by atoms with Gasteiger partial charge < -0.3 is 14.2 Å². The van der Waals surface area contributed by atoms with Gasteiger partial charge in [0.15, 0.2) is 0 Å². The second-order valence-electron chi connectivity index (χ2n) is 12.8. The minimum atomic E-state index is -0.975. The Morgan fingerprint density at radius 2 is 1.00 bits per heavy atom. The molecule has 0 aliphatic carbocycles. The molecule has 34 heavy (non-hydrogen) atoms. The average molecular weight is 490 g/mol. The SMILES string of the molecule is CCCCCCCCC(CCCN([N+](C)(C)C(C)(C)C)[N+](C)(C)C(C)(C)C)C(OC)(OC)OC. The van der Waals surface area contributed by atoms with Gasteiger partial charge in [0.25, 0.3) is 5.97 Å². The van der Waals surface area contributed by atoms with Crippen molar-refractivity contribution in [2.24, 2.45) is 5.92 Å². The van der Waals surface area contributed by atoms with E-state index in [0.717, 1.165) is 35.0 Å². The fraction of sp³-hybridized carbons (Fsp3) is 1.00. The van der Waals surface area contributed by atoms with Crippen LogP contribution in [0.15, 0.2) is 0 Å². The summed E-state index contributed by atoms with van der Waals surface area (Å²) in [5.41, 5.74) is 0.155. The highest BCUT2D eigenvalue weighted by atomic mass is 16.9. The summed E-state index contributed by atoms with van der Waals surface area (Å²) in [6.45, 7) is 17.2. The van der Waals surface area contributed by atoms with Gasteiger partial charge in [0.2, 0.25) is 0 Å². The van der Waals surface area contributed by atoms with Crippen LogP contribution in [0.4, 0.5) is 0 Å². The molecular formula is C28H63N3O3+2. The van der Waals surface area contributed by atoms with E-state index in [2.05, 4.69) is 81.8 Å². The fourth-order valence-electron chi connectivity index (χ4n) is 4.65. The van der Waals surface area contributed by atoms with Crippen LogP contribution in [0.2, 0.25) is 0 Å². The lowest BCUT2D eigenvalue weighted by Gasteiger charge is -2.56. The Labute approximate surface area is 214 Å². The van der Waals surface area contributed by atoms with Crippen LogP contribution in [-0.4, -0.2) is 87.4 Å². The van der Waals surface area contributed by atoms with E-state index in [1.165, 1.54) is 38.5 Å². The van der Waals surface area contributed by atoms with Crippen LogP contribution < -0.4 is 0 Å². The third-order valence-electron chi connectivity index (χ3n) is 8.61. The summed E-state index contributed by atoms with van der Waals surface area (Å²) < 4.78 is 19.1. The highest BCUT2D eigenvalue weighted by Crippen LogP contribution is 2.35. The zero-order valence-corrected chi connectivity index (χ0v) is 25.7. The highest BCUT2D eigenvalue weighted by Gasteiger charge is 2.51. The molecule has 0 saturated heterocycles. The van der Waals surface area contributed by atoms with Crippen LogP contribution in [0.25, 0.3) is 0 Å². The Balaban J connectivity index is 5.63. The average Bonchev–Trinajstić information content (AvgIpc) is 2.72. The fourth-order valence-corrected chi connectivity index (χ4v) is 4.65. The van der Waals surface area contributed by atoms with E-state index in [1.54, 1.807) is 21.3 Å². The summed E-state index contributed by atoms with van der Waals surface area (Å²) in [6.07, 6.45) is 10.8. The summed E-state index contributed by atoms with van der Waals surface area (Å²) >= 11 is 0. The third kappa shape index (κ3) is 8.70. The lowest BCUT2D eigenvalue weighted by atomic mass is 9.92. The molecule has 0 aromatic rings. The molecule has 0 aliphatic heterocycles. The summed E-state index contributed by atoms with van der Waals surface area (Å²) in [5, 5.41) is 2.63. The van der Waals surface area contributed by atoms with Crippen molar-refractivity contribution in [1.82, 2.24) is 5.12 Å². The smallest absolute Gasteiger partial charge is 0.285 e. The Hall–Kier alpha value is -0.240. The van der Waals surface area contributed by atoms with Crippen molar-refractivity contribution in [3.63, 3.8) is 0 Å². The van der Waals surface area contributed by atoms with E-state index >= 15 is 0 Å². The maximum atomic E-state index is 5.83. The summed E-state index contributed by atoms with van der Waals surface area (Å²) in [4.78, 5) is 0. The molecule has 1 unspecified atom stereocenters. The lowest BCUT2D eigenvalue weighted by Crippen LogP contribution is -2.77. The molecule has 6 heteroatoms. The number of hydrogen-bond donors (Lipinski definition) is 0. The molecule has 0 aliphatic rings. The number of hydrogen-bond acceptors (Lipinski definition) is 4. The van der Waals surface area contributed by atoms with Gasteiger partial charge in [-0.1, -0.05) is 45.4 Å². The zero-order chi connectivity index (χ0) is 26.8. The molecule has 206 valence electrons. The van der Waals surface area contributed by atoms with Crippen LogP contribution >= 0.6 is 0 Å². The van der Waals surface area contributed by atoms with Gasteiger partial charge in [0, 0.05) is 32.4 Å². The number of methoxy groups -OCH3 is 3. The minimum Gasteiger partial charge on any atom is -0.331 e. The van der Waals surface area contributed by atoms with Gasteiger partial charge in [-0.2, -0.15) is 0 Å². The van der Waals surface area contributed by atoms with Crippen molar-refractivity contribution in [1.29, 1.82) is 0 Å². The Kier molecular flexibility index (Phi) is 13.8. The molecule has 0 bridgehead atoms. The third-order valence-corrected chi connectivity index (χ3v) is 8.61. The number of ether oxygens (including phenoxy) is 3. The van der Waals surface area contributed by atoms with E-state index in [0.29, 0.717) is 0 Å². The van der Waals surface area contributed by atoms with Gasteiger partial charge in [0.1, 0.15) is 17.6 Å². The minimum absolute atomic E-state index is 0.0774. The second-order valence-corrected chi connectivity index (χ2v) is 12.8. The highest BCUT2D eigenvalue weighted by molar-refractivity contribution is 4.72. The Morgan fingerprint density at radius 3 is 1.38 bits per heavy atom. The lowest BCUT2D eigenvalue weighted by molar-refractivity contribution is -1.26. The van der Waals surface area contributed by atoms with E-state index in [-0.39, 0.29) is 17.0 Å². The zero-order valence-electron chi connectivity index (χ0n) is 25.7. The largest absolute Gasteiger partial charge is 0.331 e. The first-order valence-electron chi connectivity index (χ1n) is 13.6. The van der Waals surface area contributed by atoms with Crippen molar-refractivity contribution >= 4 is 0 Å². The molecule has 0 heterocycles. The molecule has 1 atom stereocenters. The maximum absolute atomic E-state index is 5.83. The van der Waals surface area contributed by atoms with Gasteiger partial charge in [-0.25, -0.2) is 9.18 Å². The van der Waals surface area contributed by atoms with Crippen LogP contribution in [0, 0.1) is 5.92 Å². The number of quaternary nitrogens is 2. The van der Waals surface area contributed by atoms with Crippen molar-refractivity contribution in [2.75, 3.05) is 56.1 Å². The molecule has 0 aromatic carbocycles. The second kappa shape index (κ2) is 13.9. The normalized spacial score (nSPS) is 15.3. The van der Waals surface area contributed by atoms with E-state index in [9.17, 15) is 0 Å². The van der Waals surface area contributed by atoms with E-state index < -0.39 is 5.97 Å². The van der Waals surface area contributed by atoms with E-state index in [4.69, 9.17) is 14.2 Å². The van der Waals surface area contributed by atoms with Gasteiger partial charge in [-0.05, 0) is 60.8 Å². The maximum Gasteiger partial charge on any atom is 0.285 e. The van der Waals surface area contributed by atoms with Crippen molar-refractivity contribution in [3.8, 4) is 0 Å². The first-order chi connectivity index (χ1) is 15.5. The summed E-state index contributed by atoms with van der Waals surface area (Å²) in [7, 11) is 14.4. The number of nitrogens with zero attached hydrogens (tertiary/aromatic N) is 3. The van der Waals surface area contributed by atoms with E-state index in [1.807, 2.05) is 0 Å².